The van der Waals surface area contributed by atoms with Crippen LogP contribution >= 0.6 is 11.3 Å². The molecular weight excluding hydrogens is 196 g/mol. The number of aromatic nitrogens is 3. The van der Waals surface area contributed by atoms with Crippen LogP contribution in [0.4, 0.5) is 5.13 Å². The van der Waals surface area contributed by atoms with E-state index in [1.807, 2.05) is 22.5 Å². The van der Waals surface area contributed by atoms with Gasteiger partial charge in [0.25, 0.3) is 0 Å². The van der Waals surface area contributed by atoms with Crippen LogP contribution in [0.3, 0.4) is 0 Å². The molecule has 2 rings (SSSR count). The van der Waals surface area contributed by atoms with Crippen molar-refractivity contribution in [1.82, 2.24) is 14.8 Å². The van der Waals surface area contributed by atoms with Crippen molar-refractivity contribution in [2.75, 3.05) is 5.73 Å². The third-order valence-electron chi connectivity index (χ3n) is 1.99. The van der Waals surface area contributed by atoms with Gasteiger partial charge in [0.2, 0.25) is 0 Å². The first-order valence-corrected chi connectivity index (χ1v) is 5.37. The highest BCUT2D eigenvalue weighted by molar-refractivity contribution is 7.13. The lowest BCUT2D eigenvalue weighted by Gasteiger charge is -1.95. The highest BCUT2D eigenvalue weighted by Crippen LogP contribution is 2.12. The van der Waals surface area contributed by atoms with Gasteiger partial charge in [-0.25, -0.2) is 4.98 Å². The third kappa shape index (κ3) is 1.93. The number of anilines is 1. The van der Waals surface area contributed by atoms with E-state index < -0.39 is 0 Å². The molecule has 0 radical (unpaired) electrons. The van der Waals surface area contributed by atoms with Crippen molar-refractivity contribution in [2.45, 2.75) is 19.9 Å². The van der Waals surface area contributed by atoms with E-state index in [1.54, 1.807) is 0 Å². The molecule has 0 amide bonds. The minimum atomic E-state index is 0.614. The summed E-state index contributed by atoms with van der Waals surface area (Å²) in [4.78, 5) is 4.18. The highest BCUT2D eigenvalue weighted by Gasteiger charge is 2.01. The fraction of sp³-hybridized carbons (Fsp3) is 0.333. The Balaban J connectivity index is 2.10. The molecule has 2 aromatic heterocycles. The zero-order valence-electron chi connectivity index (χ0n) is 7.97. The Kier molecular flexibility index (Phi) is 2.49. The number of nitrogens with two attached hydrogens (primary N) is 1. The molecule has 0 atom stereocenters. The quantitative estimate of drug-likeness (QED) is 0.832. The first kappa shape index (κ1) is 9.21. The van der Waals surface area contributed by atoms with E-state index >= 15 is 0 Å². The number of rotatable bonds is 3. The molecule has 2 heterocycles. The maximum absolute atomic E-state index is 5.54. The van der Waals surface area contributed by atoms with Gasteiger partial charge in [-0.1, -0.05) is 6.92 Å². The lowest BCUT2D eigenvalue weighted by Crippen LogP contribution is -2.00. The van der Waals surface area contributed by atoms with Gasteiger partial charge in [0, 0.05) is 11.6 Å². The van der Waals surface area contributed by atoms with Gasteiger partial charge in [-0.15, -0.1) is 11.3 Å². The normalized spacial score (nSPS) is 10.6. The summed E-state index contributed by atoms with van der Waals surface area (Å²) >= 11 is 1.46. The summed E-state index contributed by atoms with van der Waals surface area (Å²) in [5.41, 5.74) is 7.76. The number of thiazole rings is 1. The molecule has 0 aromatic carbocycles. The summed E-state index contributed by atoms with van der Waals surface area (Å²) in [6.45, 7) is 2.82. The molecule has 5 heteroatoms. The van der Waals surface area contributed by atoms with Gasteiger partial charge in [0.15, 0.2) is 5.13 Å². The van der Waals surface area contributed by atoms with E-state index in [0.29, 0.717) is 11.7 Å². The largest absolute Gasteiger partial charge is 0.375 e. The SMILES string of the molecule is CCc1cnn(Cc2csc(N)n2)c1. The standard InChI is InChI=1S/C9H12N4S/c1-2-7-3-11-13(4-7)5-8-6-14-9(10)12-8/h3-4,6H,2,5H2,1H3,(H2,10,12). The van der Waals surface area contributed by atoms with Crippen molar-refractivity contribution >= 4 is 16.5 Å². The number of hydrogen-bond acceptors (Lipinski definition) is 4. The second-order valence-corrected chi connectivity index (χ2v) is 3.97. The van der Waals surface area contributed by atoms with Crippen LogP contribution in [0.15, 0.2) is 17.8 Å². The Hall–Kier alpha value is -1.36. The Morgan fingerprint density at radius 3 is 3.00 bits per heavy atom. The maximum Gasteiger partial charge on any atom is 0.180 e. The Morgan fingerprint density at radius 1 is 1.57 bits per heavy atom. The average Bonchev–Trinajstić information content (AvgIpc) is 2.76. The van der Waals surface area contributed by atoms with Gasteiger partial charge in [-0.3, -0.25) is 4.68 Å². The van der Waals surface area contributed by atoms with E-state index in [2.05, 4.69) is 17.0 Å². The average molecular weight is 208 g/mol. The number of nitrogens with zero attached hydrogens (tertiary/aromatic N) is 3. The second-order valence-electron chi connectivity index (χ2n) is 3.08. The minimum Gasteiger partial charge on any atom is -0.375 e. The molecule has 14 heavy (non-hydrogen) atoms. The van der Waals surface area contributed by atoms with Crippen LogP contribution in [0, 0.1) is 0 Å². The van der Waals surface area contributed by atoms with E-state index in [4.69, 9.17) is 5.73 Å². The molecule has 2 N–H and O–H groups in total. The van der Waals surface area contributed by atoms with Crippen LogP contribution in [0.2, 0.25) is 0 Å². The molecular formula is C9H12N4S. The van der Waals surface area contributed by atoms with Gasteiger partial charge >= 0.3 is 0 Å². The van der Waals surface area contributed by atoms with Crippen LogP contribution in [-0.2, 0) is 13.0 Å². The maximum atomic E-state index is 5.54. The Morgan fingerprint density at radius 2 is 2.43 bits per heavy atom. The summed E-state index contributed by atoms with van der Waals surface area (Å²) in [5, 5.41) is 6.81. The van der Waals surface area contributed by atoms with Gasteiger partial charge in [-0.05, 0) is 12.0 Å². The van der Waals surface area contributed by atoms with Crippen LogP contribution in [0.5, 0.6) is 0 Å². The summed E-state index contributed by atoms with van der Waals surface area (Å²) < 4.78 is 1.88. The topological polar surface area (TPSA) is 56.7 Å². The van der Waals surface area contributed by atoms with Gasteiger partial charge < -0.3 is 5.73 Å². The zero-order valence-corrected chi connectivity index (χ0v) is 8.79. The Bertz CT molecular complexity index is 418. The summed E-state index contributed by atoms with van der Waals surface area (Å²) in [5.74, 6) is 0. The monoisotopic (exact) mass is 208 g/mol. The van der Waals surface area contributed by atoms with Crippen molar-refractivity contribution in [1.29, 1.82) is 0 Å². The number of aryl methyl sites for hydroxylation is 1. The van der Waals surface area contributed by atoms with Crippen molar-refractivity contribution in [2.24, 2.45) is 0 Å². The van der Waals surface area contributed by atoms with Crippen molar-refractivity contribution in [3.8, 4) is 0 Å². The molecule has 4 nitrogen and oxygen atoms in total. The van der Waals surface area contributed by atoms with Crippen LogP contribution in [-0.4, -0.2) is 14.8 Å². The molecule has 0 aliphatic carbocycles. The fourth-order valence-corrected chi connectivity index (χ4v) is 1.79. The van der Waals surface area contributed by atoms with Crippen LogP contribution in [0.25, 0.3) is 0 Å². The smallest absolute Gasteiger partial charge is 0.180 e. The minimum absolute atomic E-state index is 0.614. The van der Waals surface area contributed by atoms with E-state index in [-0.39, 0.29) is 0 Å². The van der Waals surface area contributed by atoms with Gasteiger partial charge in [-0.2, -0.15) is 5.10 Å². The van der Waals surface area contributed by atoms with Gasteiger partial charge in [0.05, 0.1) is 18.4 Å². The van der Waals surface area contributed by atoms with Gasteiger partial charge in [0.1, 0.15) is 0 Å². The predicted molar refractivity (Wildman–Crippen MR) is 57.2 cm³/mol. The molecule has 0 saturated carbocycles. The molecule has 0 aliphatic heterocycles. The molecule has 2 aromatic rings. The first-order valence-electron chi connectivity index (χ1n) is 4.49. The summed E-state index contributed by atoms with van der Waals surface area (Å²) in [6, 6.07) is 0. The zero-order chi connectivity index (χ0) is 9.97. The summed E-state index contributed by atoms with van der Waals surface area (Å²) in [6.07, 6.45) is 4.93. The number of nitrogen functional groups attached to an aromatic ring is 1. The van der Waals surface area contributed by atoms with Crippen molar-refractivity contribution in [3.05, 3.63) is 29.0 Å². The third-order valence-corrected chi connectivity index (χ3v) is 2.71. The molecule has 74 valence electrons. The van der Waals surface area contributed by atoms with Crippen LogP contribution in [0.1, 0.15) is 18.2 Å². The van der Waals surface area contributed by atoms with Crippen LogP contribution < -0.4 is 5.73 Å². The predicted octanol–water partition coefficient (Wildman–Crippen LogP) is 1.53. The molecule has 0 bridgehead atoms. The highest BCUT2D eigenvalue weighted by atomic mass is 32.1. The second kappa shape index (κ2) is 3.79. The Labute approximate surface area is 86.4 Å². The molecule has 0 saturated heterocycles. The number of hydrogen-bond donors (Lipinski definition) is 1. The lowest BCUT2D eigenvalue weighted by molar-refractivity contribution is 0.675. The van der Waals surface area contributed by atoms with E-state index in [0.717, 1.165) is 12.1 Å². The van der Waals surface area contributed by atoms with E-state index in [9.17, 15) is 0 Å². The molecule has 0 spiro atoms. The molecule has 0 fully saturated rings. The fourth-order valence-electron chi connectivity index (χ4n) is 1.24. The van der Waals surface area contributed by atoms with Crippen molar-refractivity contribution in [3.63, 3.8) is 0 Å². The molecule has 0 unspecified atom stereocenters. The molecule has 0 aliphatic rings. The van der Waals surface area contributed by atoms with Crippen molar-refractivity contribution < 1.29 is 0 Å². The van der Waals surface area contributed by atoms with E-state index in [1.165, 1.54) is 16.9 Å². The lowest BCUT2D eigenvalue weighted by atomic mass is 10.3. The summed E-state index contributed by atoms with van der Waals surface area (Å²) in [7, 11) is 0. The first-order chi connectivity index (χ1) is 6.78.